The van der Waals surface area contributed by atoms with Crippen LogP contribution in [0.5, 0.6) is 0 Å². The highest BCUT2D eigenvalue weighted by Crippen LogP contribution is 2.11. The van der Waals surface area contributed by atoms with E-state index in [1.54, 1.807) is 6.07 Å². The number of anilines is 1. The Bertz CT molecular complexity index is 553. The molecule has 0 spiro atoms. The second kappa shape index (κ2) is 3.27. The molecule has 2 heterocycles. The number of rotatable bonds is 1. The molecule has 0 unspecified atom stereocenters. The van der Waals surface area contributed by atoms with Crippen molar-refractivity contribution in [3.8, 4) is 5.82 Å². The van der Waals surface area contributed by atoms with Crippen molar-refractivity contribution in [3.05, 3.63) is 39.8 Å². The van der Waals surface area contributed by atoms with E-state index in [0.717, 1.165) is 11.3 Å². The number of hydrogen-bond donors (Lipinski definition) is 2. The van der Waals surface area contributed by atoms with Gasteiger partial charge in [-0.05, 0) is 25.5 Å². The van der Waals surface area contributed by atoms with Crippen molar-refractivity contribution in [2.45, 2.75) is 13.8 Å². The number of aryl methyl sites for hydroxylation is 2. The molecule has 2 rings (SSSR count). The summed E-state index contributed by atoms with van der Waals surface area (Å²) in [4.78, 5) is 13.9. The van der Waals surface area contributed by atoms with E-state index in [0.29, 0.717) is 11.6 Å². The first-order chi connectivity index (χ1) is 7.06. The molecule has 5 heteroatoms. The van der Waals surface area contributed by atoms with Crippen molar-refractivity contribution >= 4 is 5.82 Å². The highest BCUT2D eigenvalue weighted by Gasteiger charge is 2.05. The van der Waals surface area contributed by atoms with Crippen molar-refractivity contribution in [2.75, 3.05) is 5.73 Å². The summed E-state index contributed by atoms with van der Waals surface area (Å²) in [6, 6.07) is 5.10. The van der Waals surface area contributed by atoms with Crippen molar-refractivity contribution in [1.82, 2.24) is 14.8 Å². The van der Waals surface area contributed by atoms with Gasteiger partial charge < -0.3 is 10.7 Å². The summed E-state index contributed by atoms with van der Waals surface area (Å²) in [5.41, 5.74) is 7.29. The topological polar surface area (TPSA) is 76.7 Å². The monoisotopic (exact) mass is 204 g/mol. The standard InChI is InChI=1S/C10H12N4O/c1-6-3-9(12-10(15)4-6)14-8(11)5-7(2)13-14/h3-5H,11H2,1-2H3,(H,12,15). The number of nitrogens with one attached hydrogen (secondary N) is 1. The summed E-state index contributed by atoms with van der Waals surface area (Å²) in [6.45, 7) is 3.70. The molecular weight excluding hydrogens is 192 g/mol. The van der Waals surface area contributed by atoms with E-state index in [1.807, 2.05) is 19.9 Å². The van der Waals surface area contributed by atoms with Gasteiger partial charge in [0.2, 0.25) is 5.56 Å². The second-order valence-electron chi connectivity index (χ2n) is 3.53. The molecule has 0 aliphatic carbocycles. The molecule has 0 saturated heterocycles. The predicted octanol–water partition coefficient (Wildman–Crippen LogP) is 0.760. The van der Waals surface area contributed by atoms with Gasteiger partial charge in [0.1, 0.15) is 11.6 Å². The molecule has 5 nitrogen and oxygen atoms in total. The zero-order chi connectivity index (χ0) is 11.0. The average molecular weight is 204 g/mol. The van der Waals surface area contributed by atoms with Crippen LogP contribution in [0.3, 0.4) is 0 Å². The number of nitrogens with two attached hydrogens (primary N) is 1. The number of nitrogens with zero attached hydrogens (tertiary/aromatic N) is 2. The number of pyridine rings is 1. The average Bonchev–Trinajstić information content (AvgIpc) is 2.43. The molecule has 2 aromatic rings. The van der Waals surface area contributed by atoms with Crippen molar-refractivity contribution in [2.24, 2.45) is 0 Å². The number of H-pyrrole nitrogens is 1. The lowest BCUT2D eigenvalue weighted by Crippen LogP contribution is -2.12. The molecule has 0 amide bonds. The molecule has 0 aliphatic rings. The van der Waals surface area contributed by atoms with Crippen molar-refractivity contribution in [3.63, 3.8) is 0 Å². The van der Waals surface area contributed by atoms with Gasteiger partial charge in [0, 0.05) is 12.1 Å². The number of hydrogen-bond acceptors (Lipinski definition) is 3. The molecule has 0 fully saturated rings. The lowest BCUT2D eigenvalue weighted by atomic mass is 10.3. The van der Waals surface area contributed by atoms with E-state index in [1.165, 1.54) is 10.7 Å². The van der Waals surface area contributed by atoms with Crippen LogP contribution in [-0.4, -0.2) is 14.8 Å². The first-order valence-electron chi connectivity index (χ1n) is 4.60. The molecule has 0 atom stereocenters. The minimum Gasteiger partial charge on any atom is -0.384 e. The third-order valence-corrected chi connectivity index (χ3v) is 2.06. The molecule has 0 radical (unpaired) electrons. The summed E-state index contributed by atoms with van der Waals surface area (Å²) in [5.74, 6) is 1.10. The lowest BCUT2D eigenvalue weighted by Gasteiger charge is -2.03. The number of aromatic nitrogens is 3. The van der Waals surface area contributed by atoms with Crippen LogP contribution >= 0.6 is 0 Å². The van der Waals surface area contributed by atoms with Crippen molar-refractivity contribution in [1.29, 1.82) is 0 Å². The normalized spacial score (nSPS) is 10.5. The third kappa shape index (κ3) is 1.76. The summed E-state index contributed by atoms with van der Waals surface area (Å²) in [6.07, 6.45) is 0. The highest BCUT2D eigenvalue weighted by atomic mass is 16.1. The van der Waals surface area contributed by atoms with Crippen molar-refractivity contribution < 1.29 is 0 Å². The summed E-state index contributed by atoms with van der Waals surface area (Å²) < 4.78 is 1.52. The van der Waals surface area contributed by atoms with Crippen LogP contribution in [0.2, 0.25) is 0 Å². The Morgan fingerprint density at radius 2 is 2.07 bits per heavy atom. The molecule has 3 N–H and O–H groups in total. The van der Waals surface area contributed by atoms with Gasteiger partial charge in [-0.3, -0.25) is 4.79 Å². The van der Waals surface area contributed by atoms with Gasteiger partial charge in [0.05, 0.1) is 5.69 Å². The largest absolute Gasteiger partial charge is 0.384 e. The zero-order valence-corrected chi connectivity index (χ0v) is 8.61. The molecule has 78 valence electrons. The molecular formula is C10H12N4O. The maximum Gasteiger partial charge on any atom is 0.249 e. The van der Waals surface area contributed by atoms with E-state index >= 15 is 0 Å². The lowest BCUT2D eigenvalue weighted by molar-refractivity contribution is 0.834. The fourth-order valence-electron chi connectivity index (χ4n) is 1.49. The van der Waals surface area contributed by atoms with Gasteiger partial charge in [-0.2, -0.15) is 5.10 Å². The van der Waals surface area contributed by atoms with E-state index in [9.17, 15) is 4.79 Å². The summed E-state index contributed by atoms with van der Waals surface area (Å²) in [5, 5.41) is 4.18. The smallest absolute Gasteiger partial charge is 0.249 e. The maximum absolute atomic E-state index is 11.3. The minimum absolute atomic E-state index is 0.155. The summed E-state index contributed by atoms with van der Waals surface area (Å²) >= 11 is 0. The predicted molar refractivity (Wildman–Crippen MR) is 58.1 cm³/mol. The quantitative estimate of drug-likeness (QED) is 0.720. The molecule has 2 aromatic heterocycles. The van der Waals surface area contributed by atoms with Gasteiger partial charge in [0.15, 0.2) is 0 Å². The molecule has 0 bridgehead atoms. The van der Waals surface area contributed by atoms with Gasteiger partial charge >= 0.3 is 0 Å². The summed E-state index contributed by atoms with van der Waals surface area (Å²) in [7, 11) is 0. The first kappa shape index (κ1) is 9.51. The molecule has 0 aliphatic heterocycles. The Kier molecular flexibility index (Phi) is 2.07. The van der Waals surface area contributed by atoms with Gasteiger partial charge in [-0.25, -0.2) is 4.68 Å². The van der Waals surface area contributed by atoms with E-state index < -0.39 is 0 Å². The van der Waals surface area contributed by atoms with Crippen LogP contribution in [-0.2, 0) is 0 Å². The minimum atomic E-state index is -0.155. The second-order valence-corrected chi connectivity index (χ2v) is 3.53. The number of nitrogen functional groups attached to an aromatic ring is 1. The Morgan fingerprint density at radius 1 is 1.33 bits per heavy atom. The van der Waals surface area contributed by atoms with Crippen LogP contribution in [0.15, 0.2) is 23.0 Å². The fourth-order valence-corrected chi connectivity index (χ4v) is 1.49. The molecule has 0 aromatic carbocycles. The van der Waals surface area contributed by atoms with Crippen LogP contribution in [0.1, 0.15) is 11.3 Å². The Labute approximate surface area is 86.5 Å². The van der Waals surface area contributed by atoms with Crippen LogP contribution in [0.4, 0.5) is 5.82 Å². The van der Waals surface area contributed by atoms with Gasteiger partial charge in [-0.1, -0.05) is 0 Å². The SMILES string of the molecule is Cc1cc(-n2nc(C)cc2N)[nH]c(=O)c1. The van der Waals surface area contributed by atoms with Gasteiger partial charge in [0.25, 0.3) is 0 Å². The number of aromatic amines is 1. The molecule has 0 saturated carbocycles. The van der Waals surface area contributed by atoms with Crippen LogP contribution in [0.25, 0.3) is 5.82 Å². The third-order valence-electron chi connectivity index (χ3n) is 2.06. The fraction of sp³-hybridized carbons (Fsp3) is 0.200. The Morgan fingerprint density at radius 3 is 2.60 bits per heavy atom. The zero-order valence-electron chi connectivity index (χ0n) is 8.61. The molecule has 15 heavy (non-hydrogen) atoms. The van der Waals surface area contributed by atoms with Gasteiger partial charge in [-0.15, -0.1) is 0 Å². The first-order valence-corrected chi connectivity index (χ1v) is 4.60. The van der Waals surface area contributed by atoms with Crippen LogP contribution < -0.4 is 11.3 Å². The van der Waals surface area contributed by atoms with Crippen LogP contribution in [0, 0.1) is 13.8 Å². The van der Waals surface area contributed by atoms with E-state index in [4.69, 9.17) is 5.73 Å². The Balaban J connectivity index is 2.63. The van der Waals surface area contributed by atoms with E-state index in [-0.39, 0.29) is 5.56 Å². The highest BCUT2D eigenvalue weighted by molar-refractivity contribution is 5.39. The Hall–Kier alpha value is -2.04. The van der Waals surface area contributed by atoms with E-state index in [2.05, 4.69) is 10.1 Å². The maximum atomic E-state index is 11.3.